The smallest absolute Gasteiger partial charge is 0.182 e. The summed E-state index contributed by atoms with van der Waals surface area (Å²) < 4.78 is 33.6. The first kappa shape index (κ1) is 22.4. The summed E-state index contributed by atoms with van der Waals surface area (Å²) in [6.07, 6.45) is 0.791. The van der Waals surface area contributed by atoms with E-state index in [9.17, 15) is 8.42 Å². The predicted molar refractivity (Wildman–Crippen MR) is 139 cm³/mol. The van der Waals surface area contributed by atoms with Crippen molar-refractivity contribution in [3.63, 3.8) is 0 Å². The maximum absolute atomic E-state index is 13.0. The molecule has 0 unspecified atom stereocenters. The van der Waals surface area contributed by atoms with Crippen LogP contribution in [-0.4, -0.2) is 8.42 Å². The van der Waals surface area contributed by atoms with Crippen molar-refractivity contribution in [3.8, 4) is 5.75 Å². The number of benzene rings is 4. The fourth-order valence-corrected chi connectivity index (χ4v) is 6.65. The van der Waals surface area contributed by atoms with Crippen molar-refractivity contribution in [2.45, 2.75) is 23.7 Å². The summed E-state index contributed by atoms with van der Waals surface area (Å²) in [6.45, 7) is 0.309. The Labute approximate surface area is 204 Å². The molecule has 0 fully saturated rings. The number of ether oxygens (including phenoxy) is 1. The maximum atomic E-state index is 13.0. The molecule has 0 saturated carbocycles. The molecule has 0 aliphatic carbocycles. The van der Waals surface area contributed by atoms with Gasteiger partial charge < -0.3 is 4.74 Å². The molecular formula is C29H24O3S2. The minimum atomic E-state index is -3.44. The summed E-state index contributed by atoms with van der Waals surface area (Å²) in [7, 11) is -3.44. The highest BCUT2D eigenvalue weighted by Crippen LogP contribution is 2.39. The average Bonchev–Trinajstić information content (AvgIpc) is 3.21. The Hall–Kier alpha value is -3.41. The normalized spacial score (nSPS) is 11.5. The van der Waals surface area contributed by atoms with Gasteiger partial charge in [0.25, 0.3) is 0 Å². The zero-order valence-electron chi connectivity index (χ0n) is 18.6. The SMILES string of the molecule is O=S(=O)(Cc1ccccc1COc1c(Cc2ccccc2)sc2ccccc12)c1ccccc1. The highest BCUT2D eigenvalue weighted by atomic mass is 32.2. The van der Waals surface area contributed by atoms with E-state index >= 15 is 0 Å². The molecule has 3 nitrogen and oxygen atoms in total. The van der Waals surface area contributed by atoms with Gasteiger partial charge in [0.2, 0.25) is 0 Å². The van der Waals surface area contributed by atoms with E-state index in [1.165, 1.54) is 15.1 Å². The fraction of sp³-hybridized carbons (Fsp3) is 0.103. The van der Waals surface area contributed by atoms with E-state index in [-0.39, 0.29) is 5.75 Å². The van der Waals surface area contributed by atoms with Crippen molar-refractivity contribution in [1.82, 2.24) is 0 Å². The van der Waals surface area contributed by atoms with Gasteiger partial charge in [-0.05, 0) is 41.0 Å². The van der Waals surface area contributed by atoms with Crippen molar-refractivity contribution in [3.05, 3.63) is 131 Å². The number of hydrogen-bond acceptors (Lipinski definition) is 4. The van der Waals surface area contributed by atoms with Crippen LogP contribution in [0, 0.1) is 0 Å². The molecule has 0 aliphatic heterocycles. The summed E-state index contributed by atoms with van der Waals surface area (Å²) in [6, 6.07) is 34.8. The summed E-state index contributed by atoms with van der Waals surface area (Å²) in [5, 5.41) is 1.09. The third-order valence-corrected chi connectivity index (χ3v) is 8.60. The first-order valence-electron chi connectivity index (χ1n) is 11.1. The van der Waals surface area contributed by atoms with Crippen LogP contribution in [0.5, 0.6) is 5.75 Å². The summed E-state index contributed by atoms with van der Waals surface area (Å²) in [5.41, 5.74) is 2.87. The Morgan fingerprint density at radius 1 is 0.676 bits per heavy atom. The Bertz CT molecular complexity index is 1510. The minimum absolute atomic E-state index is 0.0577. The van der Waals surface area contributed by atoms with Gasteiger partial charge in [-0.15, -0.1) is 11.3 Å². The lowest BCUT2D eigenvalue weighted by Crippen LogP contribution is -2.08. The molecule has 5 rings (SSSR count). The van der Waals surface area contributed by atoms with Gasteiger partial charge >= 0.3 is 0 Å². The molecule has 1 aromatic heterocycles. The standard InChI is InChI=1S/C29H24O3S2/c30-34(31,25-15-5-2-6-16-25)21-24-14-8-7-13-23(24)20-32-29-26-17-9-10-18-27(26)33-28(29)19-22-11-3-1-4-12-22/h1-18H,19-21H2. The first-order valence-corrected chi connectivity index (χ1v) is 13.6. The zero-order chi connectivity index (χ0) is 23.4. The van der Waals surface area contributed by atoms with E-state index in [2.05, 4.69) is 24.3 Å². The van der Waals surface area contributed by atoms with Crippen LogP contribution in [-0.2, 0) is 28.6 Å². The fourth-order valence-electron chi connectivity index (χ4n) is 4.03. The van der Waals surface area contributed by atoms with Crippen LogP contribution in [0.4, 0.5) is 0 Å². The second kappa shape index (κ2) is 9.84. The van der Waals surface area contributed by atoms with Crippen LogP contribution in [0.1, 0.15) is 21.6 Å². The number of sulfone groups is 1. The number of fused-ring (bicyclic) bond motifs is 1. The largest absolute Gasteiger partial charge is 0.487 e. The van der Waals surface area contributed by atoms with Gasteiger partial charge in [0.15, 0.2) is 9.84 Å². The topological polar surface area (TPSA) is 43.4 Å². The molecule has 170 valence electrons. The van der Waals surface area contributed by atoms with E-state index < -0.39 is 9.84 Å². The highest BCUT2D eigenvalue weighted by Gasteiger charge is 2.18. The molecule has 0 bridgehead atoms. The second-order valence-corrected chi connectivity index (χ2v) is 11.3. The molecule has 0 atom stereocenters. The molecule has 5 aromatic rings. The van der Waals surface area contributed by atoms with Crippen molar-refractivity contribution in [2.75, 3.05) is 0 Å². The van der Waals surface area contributed by atoms with Gasteiger partial charge in [-0.1, -0.05) is 84.9 Å². The van der Waals surface area contributed by atoms with Crippen LogP contribution in [0.3, 0.4) is 0 Å². The summed E-state index contributed by atoms with van der Waals surface area (Å²) in [4.78, 5) is 1.50. The highest BCUT2D eigenvalue weighted by molar-refractivity contribution is 7.90. The minimum Gasteiger partial charge on any atom is -0.487 e. The molecule has 0 radical (unpaired) electrons. The predicted octanol–water partition coefficient (Wildman–Crippen LogP) is 7.05. The molecule has 0 amide bonds. The number of thiophene rings is 1. The lowest BCUT2D eigenvalue weighted by atomic mass is 10.1. The zero-order valence-corrected chi connectivity index (χ0v) is 20.2. The molecular weight excluding hydrogens is 460 g/mol. The van der Waals surface area contributed by atoms with Crippen molar-refractivity contribution < 1.29 is 13.2 Å². The van der Waals surface area contributed by atoms with Gasteiger partial charge in [0.1, 0.15) is 12.4 Å². The average molecular weight is 485 g/mol. The quantitative estimate of drug-likeness (QED) is 0.237. The van der Waals surface area contributed by atoms with Gasteiger partial charge in [0, 0.05) is 16.5 Å². The lowest BCUT2D eigenvalue weighted by molar-refractivity contribution is 0.308. The van der Waals surface area contributed by atoms with Gasteiger partial charge in [0.05, 0.1) is 15.5 Å². The van der Waals surface area contributed by atoms with Gasteiger partial charge in [-0.25, -0.2) is 8.42 Å². The summed E-state index contributed by atoms with van der Waals surface area (Å²) >= 11 is 1.74. The Balaban J connectivity index is 1.43. The monoisotopic (exact) mass is 484 g/mol. The van der Waals surface area contributed by atoms with Crippen LogP contribution >= 0.6 is 11.3 Å². The van der Waals surface area contributed by atoms with E-state index in [0.717, 1.165) is 28.7 Å². The Morgan fingerprint density at radius 2 is 1.29 bits per heavy atom. The molecule has 0 spiro atoms. The van der Waals surface area contributed by atoms with Crippen LogP contribution in [0.25, 0.3) is 10.1 Å². The summed E-state index contributed by atoms with van der Waals surface area (Å²) in [5.74, 6) is 0.822. The molecule has 34 heavy (non-hydrogen) atoms. The van der Waals surface area contributed by atoms with Crippen molar-refractivity contribution in [2.24, 2.45) is 0 Å². The van der Waals surface area contributed by atoms with E-state index in [1.807, 2.05) is 60.7 Å². The second-order valence-electron chi connectivity index (χ2n) is 8.14. The van der Waals surface area contributed by atoms with Gasteiger partial charge in [-0.2, -0.15) is 0 Å². The van der Waals surface area contributed by atoms with E-state index in [4.69, 9.17) is 4.74 Å². The Morgan fingerprint density at radius 3 is 2.06 bits per heavy atom. The molecule has 5 heteroatoms. The number of hydrogen-bond donors (Lipinski definition) is 0. The maximum Gasteiger partial charge on any atom is 0.182 e. The van der Waals surface area contributed by atoms with Gasteiger partial charge in [-0.3, -0.25) is 0 Å². The van der Waals surface area contributed by atoms with Crippen molar-refractivity contribution in [1.29, 1.82) is 0 Å². The van der Waals surface area contributed by atoms with Crippen LogP contribution in [0.2, 0.25) is 0 Å². The molecule has 0 N–H and O–H groups in total. The first-order chi connectivity index (χ1) is 16.6. The third kappa shape index (κ3) is 4.91. The molecule has 0 aliphatic rings. The van der Waals surface area contributed by atoms with Crippen LogP contribution < -0.4 is 4.74 Å². The Kier molecular flexibility index (Phi) is 6.48. The third-order valence-electron chi connectivity index (χ3n) is 5.76. The van der Waals surface area contributed by atoms with E-state index in [1.54, 1.807) is 35.6 Å². The van der Waals surface area contributed by atoms with E-state index in [0.29, 0.717) is 11.5 Å². The lowest BCUT2D eigenvalue weighted by Gasteiger charge is -2.13. The molecule has 0 saturated heterocycles. The van der Waals surface area contributed by atoms with Crippen LogP contribution in [0.15, 0.2) is 114 Å². The molecule has 4 aromatic carbocycles. The van der Waals surface area contributed by atoms with Crippen molar-refractivity contribution >= 4 is 31.3 Å². The molecule has 1 heterocycles. The number of rotatable bonds is 8.